The first-order valence-corrected chi connectivity index (χ1v) is 10.8. The maximum atomic E-state index is 5.83. The molecule has 1 heterocycles. The molecule has 0 fully saturated rings. The van der Waals surface area contributed by atoms with E-state index in [-0.39, 0.29) is 5.79 Å². The van der Waals surface area contributed by atoms with Crippen LogP contribution in [0.5, 0.6) is 0 Å². The average Bonchev–Trinajstić information content (AvgIpc) is 3.05. The molecule has 0 atom stereocenters. The van der Waals surface area contributed by atoms with Crippen molar-refractivity contribution in [3.63, 3.8) is 0 Å². The summed E-state index contributed by atoms with van der Waals surface area (Å²) in [6.45, 7) is 4.55. The SMILES string of the molecule is CCCCCCCCCCCCC1(CCCCCCC)OC=CO1. The number of hydrogen-bond donors (Lipinski definition) is 0. The minimum Gasteiger partial charge on any atom is -0.457 e. The molecule has 24 heavy (non-hydrogen) atoms. The lowest BCUT2D eigenvalue weighted by molar-refractivity contribution is -0.153. The van der Waals surface area contributed by atoms with Gasteiger partial charge in [0, 0.05) is 12.8 Å². The second kappa shape index (κ2) is 14.7. The minimum absolute atomic E-state index is 0.327. The van der Waals surface area contributed by atoms with Gasteiger partial charge in [0.2, 0.25) is 5.79 Å². The van der Waals surface area contributed by atoms with Gasteiger partial charge in [-0.25, -0.2) is 0 Å². The van der Waals surface area contributed by atoms with Gasteiger partial charge in [0.25, 0.3) is 0 Å². The molecule has 0 N–H and O–H groups in total. The summed E-state index contributed by atoms with van der Waals surface area (Å²) in [4.78, 5) is 0. The van der Waals surface area contributed by atoms with Gasteiger partial charge in [0.15, 0.2) is 0 Å². The lowest BCUT2D eigenvalue weighted by Crippen LogP contribution is -2.29. The third-order valence-electron chi connectivity index (χ3n) is 5.19. The summed E-state index contributed by atoms with van der Waals surface area (Å²) in [7, 11) is 0. The summed E-state index contributed by atoms with van der Waals surface area (Å²) < 4.78 is 11.7. The van der Waals surface area contributed by atoms with Crippen molar-refractivity contribution >= 4 is 0 Å². The van der Waals surface area contributed by atoms with Crippen LogP contribution in [0.15, 0.2) is 12.5 Å². The summed E-state index contributed by atoms with van der Waals surface area (Å²) in [5.41, 5.74) is 0. The first kappa shape index (κ1) is 21.4. The predicted molar refractivity (Wildman–Crippen MR) is 104 cm³/mol. The molecule has 1 aliphatic heterocycles. The molecule has 0 spiro atoms. The van der Waals surface area contributed by atoms with Crippen LogP contribution in [0, 0.1) is 0 Å². The van der Waals surface area contributed by atoms with E-state index in [9.17, 15) is 0 Å². The van der Waals surface area contributed by atoms with Crippen LogP contribution in [-0.4, -0.2) is 5.79 Å². The smallest absolute Gasteiger partial charge is 0.249 e. The van der Waals surface area contributed by atoms with Crippen molar-refractivity contribution in [3.05, 3.63) is 12.5 Å². The Morgan fingerprint density at radius 3 is 1.21 bits per heavy atom. The molecule has 2 nitrogen and oxygen atoms in total. The first-order valence-electron chi connectivity index (χ1n) is 10.8. The molecular formula is C22H42O2. The van der Waals surface area contributed by atoms with Crippen molar-refractivity contribution in [1.29, 1.82) is 0 Å². The average molecular weight is 339 g/mol. The predicted octanol–water partition coefficient (Wildman–Crippen LogP) is 7.87. The Balaban J connectivity index is 1.99. The normalized spacial score (nSPS) is 15.4. The molecular weight excluding hydrogens is 296 g/mol. The van der Waals surface area contributed by atoms with E-state index in [4.69, 9.17) is 9.47 Å². The third kappa shape index (κ3) is 10.3. The highest BCUT2D eigenvalue weighted by Crippen LogP contribution is 2.32. The molecule has 142 valence electrons. The zero-order valence-electron chi connectivity index (χ0n) is 16.5. The molecule has 0 saturated heterocycles. The molecule has 1 rings (SSSR count). The molecule has 0 radical (unpaired) electrons. The molecule has 0 aromatic rings. The van der Waals surface area contributed by atoms with E-state index in [1.165, 1.54) is 96.3 Å². The van der Waals surface area contributed by atoms with E-state index in [0.717, 1.165) is 12.8 Å². The molecule has 1 aliphatic rings. The van der Waals surface area contributed by atoms with Crippen LogP contribution >= 0.6 is 0 Å². The quantitative estimate of drug-likeness (QED) is 0.251. The number of ether oxygens (including phenoxy) is 2. The molecule has 0 aromatic carbocycles. The van der Waals surface area contributed by atoms with Gasteiger partial charge in [-0.05, 0) is 12.8 Å². The molecule has 0 aromatic heterocycles. The molecule has 0 aliphatic carbocycles. The van der Waals surface area contributed by atoms with Crippen LogP contribution in [0.1, 0.15) is 123 Å². The zero-order chi connectivity index (χ0) is 17.3. The molecule has 0 unspecified atom stereocenters. The Morgan fingerprint density at radius 1 is 0.500 bits per heavy atom. The van der Waals surface area contributed by atoms with E-state index in [1.807, 2.05) is 0 Å². The fourth-order valence-corrected chi connectivity index (χ4v) is 3.57. The summed E-state index contributed by atoms with van der Waals surface area (Å²) in [6, 6.07) is 0. The van der Waals surface area contributed by atoms with E-state index >= 15 is 0 Å². The van der Waals surface area contributed by atoms with Crippen molar-refractivity contribution in [1.82, 2.24) is 0 Å². The van der Waals surface area contributed by atoms with Gasteiger partial charge in [-0.1, -0.05) is 97.3 Å². The lowest BCUT2D eigenvalue weighted by Gasteiger charge is -2.28. The Labute approximate surface area is 151 Å². The maximum absolute atomic E-state index is 5.83. The Kier molecular flexibility index (Phi) is 13.1. The second-order valence-electron chi connectivity index (χ2n) is 7.51. The van der Waals surface area contributed by atoms with Gasteiger partial charge in [-0.3, -0.25) is 0 Å². The Bertz CT molecular complexity index is 290. The number of rotatable bonds is 17. The van der Waals surface area contributed by atoms with Crippen molar-refractivity contribution in [2.75, 3.05) is 0 Å². The van der Waals surface area contributed by atoms with Crippen LogP contribution in [0.2, 0.25) is 0 Å². The summed E-state index contributed by atoms with van der Waals surface area (Å²) in [5, 5.41) is 0. The van der Waals surface area contributed by atoms with Gasteiger partial charge in [-0.15, -0.1) is 0 Å². The Morgan fingerprint density at radius 2 is 0.833 bits per heavy atom. The monoisotopic (exact) mass is 338 g/mol. The van der Waals surface area contributed by atoms with Crippen LogP contribution in [0.4, 0.5) is 0 Å². The van der Waals surface area contributed by atoms with Gasteiger partial charge in [0.1, 0.15) is 12.5 Å². The Hall–Kier alpha value is -0.660. The van der Waals surface area contributed by atoms with Gasteiger partial charge < -0.3 is 9.47 Å². The van der Waals surface area contributed by atoms with E-state index in [0.29, 0.717) is 0 Å². The summed E-state index contributed by atoms with van der Waals surface area (Å²) >= 11 is 0. The zero-order valence-corrected chi connectivity index (χ0v) is 16.5. The first-order chi connectivity index (χ1) is 11.8. The highest BCUT2D eigenvalue weighted by molar-refractivity contribution is 4.83. The van der Waals surface area contributed by atoms with Gasteiger partial charge in [-0.2, -0.15) is 0 Å². The maximum Gasteiger partial charge on any atom is 0.249 e. The lowest BCUT2D eigenvalue weighted by atomic mass is 9.99. The van der Waals surface area contributed by atoms with Crippen molar-refractivity contribution < 1.29 is 9.47 Å². The summed E-state index contributed by atoms with van der Waals surface area (Å²) in [5.74, 6) is -0.327. The number of hydrogen-bond acceptors (Lipinski definition) is 2. The third-order valence-corrected chi connectivity index (χ3v) is 5.19. The fourth-order valence-electron chi connectivity index (χ4n) is 3.57. The second-order valence-corrected chi connectivity index (χ2v) is 7.51. The highest BCUT2D eigenvalue weighted by atomic mass is 16.7. The van der Waals surface area contributed by atoms with Gasteiger partial charge in [0.05, 0.1) is 0 Å². The van der Waals surface area contributed by atoms with E-state index in [1.54, 1.807) is 12.5 Å². The van der Waals surface area contributed by atoms with Crippen LogP contribution in [0.25, 0.3) is 0 Å². The molecule has 2 heteroatoms. The fraction of sp³-hybridized carbons (Fsp3) is 0.909. The summed E-state index contributed by atoms with van der Waals surface area (Å²) in [6.07, 6.45) is 25.9. The van der Waals surface area contributed by atoms with Crippen LogP contribution in [0.3, 0.4) is 0 Å². The van der Waals surface area contributed by atoms with E-state index < -0.39 is 0 Å². The van der Waals surface area contributed by atoms with E-state index in [2.05, 4.69) is 13.8 Å². The molecule has 0 bridgehead atoms. The topological polar surface area (TPSA) is 18.5 Å². The van der Waals surface area contributed by atoms with Crippen molar-refractivity contribution in [2.45, 2.75) is 129 Å². The molecule has 0 amide bonds. The number of unbranched alkanes of at least 4 members (excludes halogenated alkanes) is 13. The van der Waals surface area contributed by atoms with Crippen LogP contribution < -0.4 is 0 Å². The van der Waals surface area contributed by atoms with Crippen molar-refractivity contribution in [2.24, 2.45) is 0 Å². The van der Waals surface area contributed by atoms with Crippen molar-refractivity contribution in [3.8, 4) is 0 Å². The van der Waals surface area contributed by atoms with Crippen LogP contribution in [-0.2, 0) is 9.47 Å². The minimum atomic E-state index is -0.327. The highest BCUT2D eigenvalue weighted by Gasteiger charge is 2.34. The van der Waals surface area contributed by atoms with Gasteiger partial charge >= 0.3 is 0 Å². The standard InChI is InChI=1S/C22H42O2/c1-3-5-7-9-10-11-12-13-15-17-19-22(23-20-21-24-22)18-16-14-8-6-4-2/h20-21H,3-19H2,1-2H3. The molecule has 0 saturated carbocycles. The largest absolute Gasteiger partial charge is 0.457 e.